The molecular weight excluding hydrogens is 334 g/mol. The van der Waals surface area contributed by atoms with Crippen LogP contribution in [0.5, 0.6) is 0 Å². The minimum atomic E-state index is -0.00907. The molecule has 1 fully saturated rings. The van der Waals surface area contributed by atoms with Gasteiger partial charge < -0.3 is 0 Å². The fraction of sp³-hybridized carbons (Fsp3) is 0.833. The lowest BCUT2D eigenvalue weighted by molar-refractivity contribution is -0.140. The summed E-state index contributed by atoms with van der Waals surface area (Å²) < 4.78 is 0. The first-order valence-electron chi connectivity index (χ1n) is 11.6. The summed E-state index contributed by atoms with van der Waals surface area (Å²) in [5.41, 5.74) is 1.15. The van der Waals surface area contributed by atoms with Gasteiger partial charge in [-0.05, 0) is 20.3 Å². The summed E-state index contributed by atoms with van der Waals surface area (Å²) in [5, 5.41) is 0. The van der Waals surface area contributed by atoms with Crippen LogP contribution in [0.2, 0.25) is 0 Å². The van der Waals surface area contributed by atoms with Crippen molar-refractivity contribution in [1.29, 1.82) is 0 Å². The molecule has 2 amide bonds. The second-order valence-electron chi connectivity index (χ2n) is 8.24. The van der Waals surface area contributed by atoms with E-state index in [1.807, 2.05) is 19.9 Å². The van der Waals surface area contributed by atoms with Crippen LogP contribution in [0, 0.1) is 0 Å². The van der Waals surface area contributed by atoms with E-state index >= 15 is 0 Å². The molecule has 1 aliphatic rings. The number of carbonyl (C=O) groups excluding carboxylic acids is 2. The van der Waals surface area contributed by atoms with Crippen molar-refractivity contribution in [3.63, 3.8) is 0 Å². The molecule has 1 rings (SSSR count). The highest BCUT2D eigenvalue weighted by Gasteiger charge is 2.35. The molecule has 1 aliphatic heterocycles. The molecule has 0 N–H and O–H groups in total. The highest BCUT2D eigenvalue weighted by Crippen LogP contribution is 2.24. The lowest BCUT2D eigenvalue weighted by Gasteiger charge is -2.27. The average Bonchev–Trinajstić information content (AvgIpc) is 3.00. The van der Waals surface area contributed by atoms with Crippen molar-refractivity contribution in [3.05, 3.63) is 11.6 Å². The van der Waals surface area contributed by atoms with Crippen molar-refractivity contribution in [1.82, 2.24) is 4.90 Å². The van der Waals surface area contributed by atoms with Gasteiger partial charge in [-0.25, -0.2) is 0 Å². The second-order valence-corrected chi connectivity index (χ2v) is 8.24. The van der Waals surface area contributed by atoms with Crippen molar-refractivity contribution >= 4 is 11.8 Å². The first-order valence-corrected chi connectivity index (χ1v) is 11.6. The van der Waals surface area contributed by atoms with Gasteiger partial charge in [0.15, 0.2) is 0 Å². The summed E-state index contributed by atoms with van der Waals surface area (Å²) in [6, 6.07) is -0.00907. The standard InChI is InChI=1S/C24H43NO2/c1-4-6-7-8-9-10-11-12-13-14-15-16-17-18-22(21(3)5-2)25-23(26)19-20-24(25)27/h5,22H,4,6-20H2,1-3H3. The fourth-order valence-electron chi connectivity index (χ4n) is 4.05. The van der Waals surface area contributed by atoms with Gasteiger partial charge in [0.25, 0.3) is 0 Å². The Hall–Kier alpha value is -1.12. The van der Waals surface area contributed by atoms with Gasteiger partial charge >= 0.3 is 0 Å². The summed E-state index contributed by atoms with van der Waals surface area (Å²) >= 11 is 0. The molecule has 27 heavy (non-hydrogen) atoms. The van der Waals surface area contributed by atoms with Gasteiger partial charge in [-0.3, -0.25) is 14.5 Å². The number of rotatable bonds is 16. The molecule has 1 unspecified atom stereocenters. The molecule has 0 aromatic carbocycles. The fourth-order valence-corrected chi connectivity index (χ4v) is 4.05. The number of hydrogen-bond acceptors (Lipinski definition) is 2. The van der Waals surface area contributed by atoms with E-state index in [2.05, 4.69) is 6.92 Å². The Kier molecular flexibility index (Phi) is 13.2. The van der Waals surface area contributed by atoms with E-state index in [1.165, 1.54) is 81.9 Å². The Labute approximate surface area is 168 Å². The van der Waals surface area contributed by atoms with E-state index in [4.69, 9.17) is 0 Å². The van der Waals surface area contributed by atoms with Gasteiger partial charge in [-0.1, -0.05) is 102 Å². The van der Waals surface area contributed by atoms with Gasteiger partial charge in [0.05, 0.1) is 6.04 Å². The number of amides is 2. The Morgan fingerprint density at radius 3 is 1.63 bits per heavy atom. The quantitative estimate of drug-likeness (QED) is 0.166. The number of hydrogen-bond donors (Lipinski definition) is 0. The number of carbonyl (C=O) groups is 2. The summed E-state index contributed by atoms with van der Waals surface area (Å²) in [5.74, 6) is 0.0294. The molecule has 1 heterocycles. The van der Waals surface area contributed by atoms with E-state index in [9.17, 15) is 9.59 Å². The summed E-state index contributed by atoms with van der Waals surface area (Å²) in [6.07, 6.45) is 21.2. The van der Waals surface area contributed by atoms with Gasteiger partial charge in [-0.2, -0.15) is 0 Å². The molecule has 1 saturated heterocycles. The van der Waals surface area contributed by atoms with Gasteiger partial charge in [-0.15, -0.1) is 0 Å². The third-order valence-corrected chi connectivity index (χ3v) is 5.96. The Morgan fingerprint density at radius 1 is 0.815 bits per heavy atom. The van der Waals surface area contributed by atoms with Crippen molar-refractivity contribution in [2.75, 3.05) is 0 Å². The molecule has 0 spiro atoms. The van der Waals surface area contributed by atoms with Crippen LogP contribution < -0.4 is 0 Å². The average molecular weight is 378 g/mol. The number of allylic oxidation sites excluding steroid dienone is 1. The lowest BCUT2D eigenvalue weighted by Crippen LogP contribution is -2.40. The van der Waals surface area contributed by atoms with Crippen LogP contribution in [0.1, 0.15) is 124 Å². The minimum Gasteiger partial charge on any atom is -0.275 e. The number of nitrogens with zero attached hydrogens (tertiary/aromatic N) is 1. The molecule has 0 aliphatic carbocycles. The maximum absolute atomic E-state index is 12.1. The number of likely N-dealkylation sites (tertiary alicyclic amines) is 1. The van der Waals surface area contributed by atoms with Crippen molar-refractivity contribution in [3.8, 4) is 0 Å². The van der Waals surface area contributed by atoms with Crippen LogP contribution in [0.4, 0.5) is 0 Å². The zero-order valence-corrected chi connectivity index (χ0v) is 18.2. The molecule has 3 heteroatoms. The van der Waals surface area contributed by atoms with Gasteiger partial charge in [0.2, 0.25) is 11.8 Å². The summed E-state index contributed by atoms with van der Waals surface area (Å²) in [7, 11) is 0. The lowest BCUT2D eigenvalue weighted by atomic mass is 9.98. The van der Waals surface area contributed by atoms with Crippen LogP contribution in [-0.2, 0) is 9.59 Å². The Bertz CT molecular complexity index is 439. The SMILES string of the molecule is CC=C(C)C(CCCCCCCCCCCCCCC)N1C(=O)CCC1=O. The maximum atomic E-state index is 12.1. The monoisotopic (exact) mass is 377 g/mol. The van der Waals surface area contributed by atoms with Crippen LogP contribution in [0.3, 0.4) is 0 Å². The van der Waals surface area contributed by atoms with Gasteiger partial charge in [0.1, 0.15) is 0 Å². The van der Waals surface area contributed by atoms with Crippen LogP contribution in [-0.4, -0.2) is 22.8 Å². The van der Waals surface area contributed by atoms with E-state index in [0.29, 0.717) is 12.8 Å². The molecule has 3 nitrogen and oxygen atoms in total. The Balaban J connectivity index is 2.08. The number of unbranched alkanes of at least 4 members (excludes halogenated alkanes) is 12. The van der Waals surface area contributed by atoms with Crippen molar-refractivity contribution in [2.45, 2.75) is 130 Å². The Morgan fingerprint density at radius 2 is 1.22 bits per heavy atom. The summed E-state index contributed by atoms with van der Waals surface area (Å²) in [4.78, 5) is 25.7. The third kappa shape index (κ3) is 9.58. The highest BCUT2D eigenvalue weighted by atomic mass is 16.2. The van der Waals surface area contributed by atoms with Crippen molar-refractivity contribution in [2.24, 2.45) is 0 Å². The third-order valence-electron chi connectivity index (χ3n) is 5.96. The molecule has 0 aromatic rings. The van der Waals surface area contributed by atoms with Crippen LogP contribution in [0.15, 0.2) is 11.6 Å². The molecule has 0 bridgehead atoms. The molecule has 1 atom stereocenters. The number of imide groups is 1. The largest absolute Gasteiger partial charge is 0.275 e. The molecule has 0 aromatic heterocycles. The normalized spacial score (nSPS) is 16.4. The molecular formula is C24H43NO2. The zero-order valence-electron chi connectivity index (χ0n) is 18.2. The molecule has 0 radical (unpaired) electrons. The van der Waals surface area contributed by atoms with Crippen LogP contribution >= 0.6 is 0 Å². The zero-order chi connectivity index (χ0) is 19.9. The molecule has 0 saturated carbocycles. The second kappa shape index (κ2) is 14.9. The highest BCUT2D eigenvalue weighted by molar-refractivity contribution is 6.02. The predicted octanol–water partition coefficient (Wildman–Crippen LogP) is 6.95. The van der Waals surface area contributed by atoms with Crippen molar-refractivity contribution < 1.29 is 9.59 Å². The first kappa shape index (κ1) is 23.9. The van der Waals surface area contributed by atoms with E-state index in [0.717, 1.165) is 18.4 Å². The van der Waals surface area contributed by atoms with Gasteiger partial charge in [0, 0.05) is 12.8 Å². The van der Waals surface area contributed by atoms with Crippen LogP contribution in [0.25, 0.3) is 0 Å². The minimum absolute atomic E-state index is 0.00907. The predicted molar refractivity (Wildman–Crippen MR) is 115 cm³/mol. The first-order chi connectivity index (χ1) is 13.1. The smallest absolute Gasteiger partial charge is 0.230 e. The maximum Gasteiger partial charge on any atom is 0.230 e. The van der Waals surface area contributed by atoms with E-state index in [1.54, 1.807) is 0 Å². The van der Waals surface area contributed by atoms with E-state index in [-0.39, 0.29) is 17.9 Å². The topological polar surface area (TPSA) is 37.4 Å². The van der Waals surface area contributed by atoms with E-state index < -0.39 is 0 Å². The molecule has 156 valence electrons. The summed E-state index contributed by atoms with van der Waals surface area (Å²) in [6.45, 7) is 6.32.